The molecule has 1 rings (SSSR count). The molecule has 0 bridgehead atoms. The van der Waals surface area contributed by atoms with E-state index < -0.39 is 0 Å². The van der Waals surface area contributed by atoms with Crippen LogP contribution in [-0.2, 0) is 4.74 Å². The highest BCUT2D eigenvalue weighted by Gasteiger charge is 2.16. The second-order valence-corrected chi connectivity index (χ2v) is 3.64. The van der Waals surface area contributed by atoms with Crippen molar-refractivity contribution in [1.82, 2.24) is 0 Å². The summed E-state index contributed by atoms with van der Waals surface area (Å²) in [5.41, 5.74) is 0. The topological polar surface area (TPSA) is 9.23 Å². The summed E-state index contributed by atoms with van der Waals surface area (Å²) >= 11 is 1.85. The molecule has 52 valence electrons. The van der Waals surface area contributed by atoms with Gasteiger partial charge in [0, 0.05) is 10.7 Å². The molecule has 2 heteroatoms. The minimum absolute atomic E-state index is 0.375. The third-order valence-electron chi connectivity index (χ3n) is 1.48. The fourth-order valence-corrected chi connectivity index (χ4v) is 1.47. The molecule has 0 aliphatic carbocycles. The van der Waals surface area contributed by atoms with Crippen molar-refractivity contribution in [3.8, 4) is 0 Å². The molecular weight excluding hydrogens is 132 g/mol. The van der Waals surface area contributed by atoms with E-state index in [0.717, 1.165) is 5.76 Å². The Bertz CT molecular complexity index is 131. The Labute approximate surface area is 60.5 Å². The van der Waals surface area contributed by atoms with Crippen LogP contribution in [0.5, 0.6) is 0 Å². The highest BCUT2D eigenvalue weighted by molar-refractivity contribution is 8.02. The first kappa shape index (κ1) is 7.00. The van der Waals surface area contributed by atoms with E-state index in [2.05, 4.69) is 19.3 Å². The zero-order chi connectivity index (χ0) is 6.85. The van der Waals surface area contributed by atoms with E-state index in [1.165, 1.54) is 0 Å². The van der Waals surface area contributed by atoms with Crippen molar-refractivity contribution in [3.05, 3.63) is 11.2 Å². The summed E-state index contributed by atoms with van der Waals surface area (Å²) in [7, 11) is 0. The van der Waals surface area contributed by atoms with E-state index in [1.54, 1.807) is 0 Å². The standard InChI is InChI=1S/C7H12OS/c1-5-4-9-7(3)6(2)8-5/h4,6-7H,1-3H3. The molecule has 1 heterocycles. The van der Waals surface area contributed by atoms with Crippen LogP contribution < -0.4 is 0 Å². The number of allylic oxidation sites excluding steroid dienone is 1. The second-order valence-electron chi connectivity index (χ2n) is 2.39. The molecule has 0 amide bonds. The van der Waals surface area contributed by atoms with Crippen molar-refractivity contribution in [2.75, 3.05) is 0 Å². The van der Waals surface area contributed by atoms with Crippen molar-refractivity contribution in [2.45, 2.75) is 32.1 Å². The average molecular weight is 144 g/mol. The maximum absolute atomic E-state index is 5.44. The molecule has 0 aromatic heterocycles. The molecule has 0 aromatic carbocycles. The molecule has 0 aromatic rings. The van der Waals surface area contributed by atoms with Gasteiger partial charge in [-0.05, 0) is 20.8 Å². The lowest BCUT2D eigenvalue weighted by molar-refractivity contribution is 0.131. The van der Waals surface area contributed by atoms with Gasteiger partial charge in [-0.15, -0.1) is 11.8 Å². The maximum Gasteiger partial charge on any atom is 0.107 e. The van der Waals surface area contributed by atoms with Crippen LogP contribution in [0.4, 0.5) is 0 Å². The van der Waals surface area contributed by atoms with E-state index in [9.17, 15) is 0 Å². The minimum Gasteiger partial charge on any atom is -0.494 e. The van der Waals surface area contributed by atoms with Gasteiger partial charge in [-0.1, -0.05) is 0 Å². The Morgan fingerprint density at radius 2 is 2.22 bits per heavy atom. The van der Waals surface area contributed by atoms with E-state index in [4.69, 9.17) is 4.74 Å². The number of hydrogen-bond donors (Lipinski definition) is 0. The third-order valence-corrected chi connectivity index (χ3v) is 2.76. The summed E-state index contributed by atoms with van der Waals surface area (Å²) in [4.78, 5) is 0. The highest BCUT2D eigenvalue weighted by atomic mass is 32.2. The lowest BCUT2D eigenvalue weighted by Gasteiger charge is -2.24. The minimum atomic E-state index is 0.375. The summed E-state index contributed by atoms with van der Waals surface area (Å²) in [5.74, 6) is 1.05. The Hall–Kier alpha value is -0.110. The Morgan fingerprint density at radius 3 is 2.67 bits per heavy atom. The van der Waals surface area contributed by atoms with Crippen molar-refractivity contribution in [3.63, 3.8) is 0 Å². The van der Waals surface area contributed by atoms with Gasteiger partial charge in [0.1, 0.15) is 6.10 Å². The number of thioether (sulfide) groups is 1. The van der Waals surface area contributed by atoms with Crippen LogP contribution in [0.2, 0.25) is 0 Å². The predicted octanol–water partition coefficient (Wildman–Crippen LogP) is 2.39. The van der Waals surface area contributed by atoms with Crippen molar-refractivity contribution < 1.29 is 4.74 Å². The van der Waals surface area contributed by atoms with Gasteiger partial charge in [-0.2, -0.15) is 0 Å². The van der Waals surface area contributed by atoms with Crippen molar-refractivity contribution in [1.29, 1.82) is 0 Å². The Kier molecular flexibility index (Phi) is 2.06. The van der Waals surface area contributed by atoms with Crippen LogP contribution in [0.25, 0.3) is 0 Å². The van der Waals surface area contributed by atoms with Gasteiger partial charge in [0.05, 0.1) is 5.76 Å². The summed E-state index contributed by atoms with van der Waals surface area (Å²) < 4.78 is 5.44. The first-order valence-corrected chi connectivity index (χ1v) is 4.13. The lowest BCUT2D eigenvalue weighted by Crippen LogP contribution is -2.21. The van der Waals surface area contributed by atoms with E-state index in [1.807, 2.05) is 18.7 Å². The molecule has 0 spiro atoms. The van der Waals surface area contributed by atoms with Gasteiger partial charge in [-0.3, -0.25) is 0 Å². The Morgan fingerprint density at radius 1 is 1.56 bits per heavy atom. The van der Waals surface area contributed by atoms with Crippen LogP contribution >= 0.6 is 11.8 Å². The fraction of sp³-hybridized carbons (Fsp3) is 0.714. The molecule has 0 fully saturated rings. The van der Waals surface area contributed by atoms with Gasteiger partial charge in [-0.25, -0.2) is 0 Å². The van der Waals surface area contributed by atoms with Crippen molar-refractivity contribution in [2.24, 2.45) is 0 Å². The zero-order valence-corrected chi connectivity index (χ0v) is 6.87. The van der Waals surface area contributed by atoms with Crippen LogP contribution in [-0.4, -0.2) is 11.4 Å². The lowest BCUT2D eigenvalue weighted by atomic mass is 10.3. The number of hydrogen-bond acceptors (Lipinski definition) is 2. The molecule has 1 nitrogen and oxygen atoms in total. The van der Waals surface area contributed by atoms with E-state index in [0.29, 0.717) is 11.4 Å². The van der Waals surface area contributed by atoms with Crippen LogP contribution in [0.15, 0.2) is 11.2 Å². The molecule has 9 heavy (non-hydrogen) atoms. The molecular formula is C7H12OS. The summed E-state index contributed by atoms with van der Waals surface area (Å²) in [6, 6.07) is 0. The van der Waals surface area contributed by atoms with Gasteiger partial charge < -0.3 is 4.74 Å². The second kappa shape index (κ2) is 2.65. The highest BCUT2D eigenvalue weighted by Crippen LogP contribution is 2.26. The first-order valence-electron chi connectivity index (χ1n) is 3.19. The smallest absolute Gasteiger partial charge is 0.107 e. The van der Waals surface area contributed by atoms with Gasteiger partial charge >= 0.3 is 0 Å². The average Bonchev–Trinajstić information content (AvgIpc) is 1.80. The summed E-state index contributed by atoms with van der Waals surface area (Å²) in [6.45, 7) is 6.28. The van der Waals surface area contributed by atoms with E-state index in [-0.39, 0.29) is 0 Å². The fourth-order valence-electron chi connectivity index (χ4n) is 0.731. The van der Waals surface area contributed by atoms with Crippen molar-refractivity contribution >= 4 is 11.8 Å². The van der Waals surface area contributed by atoms with Gasteiger partial charge in [0.2, 0.25) is 0 Å². The van der Waals surface area contributed by atoms with Gasteiger partial charge in [0.25, 0.3) is 0 Å². The molecule has 0 radical (unpaired) electrons. The quantitative estimate of drug-likeness (QED) is 0.516. The molecule has 2 unspecified atom stereocenters. The SMILES string of the molecule is CC1=CSC(C)C(C)O1. The monoisotopic (exact) mass is 144 g/mol. The third kappa shape index (κ3) is 1.65. The number of ether oxygens (including phenoxy) is 1. The molecule has 1 aliphatic rings. The van der Waals surface area contributed by atoms with Crippen LogP contribution in [0.3, 0.4) is 0 Å². The van der Waals surface area contributed by atoms with Gasteiger partial charge in [0.15, 0.2) is 0 Å². The molecule has 1 aliphatic heterocycles. The van der Waals surface area contributed by atoms with Crippen LogP contribution in [0.1, 0.15) is 20.8 Å². The molecule has 0 N–H and O–H groups in total. The van der Waals surface area contributed by atoms with E-state index >= 15 is 0 Å². The summed E-state index contributed by atoms with van der Waals surface area (Å²) in [5, 5.41) is 2.68. The Balaban J connectivity index is 2.54. The summed E-state index contributed by atoms with van der Waals surface area (Å²) in [6.07, 6.45) is 0.375. The molecule has 0 saturated heterocycles. The molecule has 0 saturated carbocycles. The number of rotatable bonds is 0. The van der Waals surface area contributed by atoms with Crippen LogP contribution in [0, 0.1) is 0 Å². The first-order chi connectivity index (χ1) is 4.20. The zero-order valence-electron chi connectivity index (χ0n) is 6.05. The largest absolute Gasteiger partial charge is 0.494 e. The maximum atomic E-state index is 5.44. The normalized spacial score (nSPS) is 35.2. The predicted molar refractivity (Wildman–Crippen MR) is 41.4 cm³/mol. The molecule has 2 atom stereocenters.